The summed E-state index contributed by atoms with van der Waals surface area (Å²) in [6.07, 6.45) is 8.20. The Morgan fingerprint density at radius 1 is 1.10 bits per heavy atom. The molecule has 1 heterocycles. The minimum absolute atomic E-state index is 0.318. The first-order chi connectivity index (χ1) is 9.72. The van der Waals surface area contributed by atoms with Crippen LogP contribution in [0.5, 0.6) is 0 Å². The number of benzene rings is 1. The third-order valence-electron chi connectivity index (χ3n) is 4.73. The molecule has 3 unspecified atom stereocenters. The lowest BCUT2D eigenvalue weighted by atomic mass is 9.77. The van der Waals surface area contributed by atoms with Gasteiger partial charge in [0.2, 0.25) is 0 Å². The van der Waals surface area contributed by atoms with Crippen molar-refractivity contribution in [3.05, 3.63) is 29.8 Å². The number of piperidine rings is 1. The summed E-state index contributed by atoms with van der Waals surface area (Å²) in [7, 11) is 0. The van der Waals surface area contributed by atoms with E-state index in [2.05, 4.69) is 34.9 Å². The quantitative estimate of drug-likeness (QED) is 0.731. The van der Waals surface area contributed by atoms with E-state index in [1.54, 1.807) is 0 Å². The van der Waals surface area contributed by atoms with Crippen LogP contribution in [-0.2, 0) is 0 Å². The lowest BCUT2D eigenvalue weighted by molar-refractivity contribution is 0.177. The Kier molecular flexibility index (Phi) is 4.22. The normalized spacial score (nSPS) is 29.5. The van der Waals surface area contributed by atoms with Gasteiger partial charge in [-0.25, -0.2) is 0 Å². The molecule has 0 spiro atoms. The molecule has 1 aliphatic carbocycles. The van der Waals surface area contributed by atoms with Crippen molar-refractivity contribution in [2.45, 2.75) is 50.6 Å². The van der Waals surface area contributed by atoms with E-state index in [1.165, 1.54) is 44.1 Å². The molecule has 1 aromatic carbocycles. The summed E-state index contributed by atoms with van der Waals surface area (Å²) in [4.78, 5) is 0. The Labute approximate surface area is 126 Å². The molecule has 108 valence electrons. The molecule has 0 radical (unpaired) electrons. The minimum Gasteiger partial charge on any atom is -0.376 e. The maximum Gasteiger partial charge on any atom is 0.168 e. The Balaban J connectivity index is 1.65. The lowest BCUT2D eigenvalue weighted by Crippen LogP contribution is -2.44. The molecule has 4 heteroatoms. The van der Waals surface area contributed by atoms with Crippen LogP contribution >= 0.6 is 12.2 Å². The fourth-order valence-electron chi connectivity index (χ4n) is 3.70. The summed E-state index contributed by atoms with van der Waals surface area (Å²) < 4.78 is 0. The van der Waals surface area contributed by atoms with Crippen molar-refractivity contribution >= 4 is 23.0 Å². The molecular weight excluding hydrogens is 266 g/mol. The van der Waals surface area contributed by atoms with Gasteiger partial charge in [0.15, 0.2) is 5.11 Å². The lowest BCUT2D eigenvalue weighted by Gasteiger charge is -2.40. The topological polar surface area (TPSA) is 50.1 Å². The Morgan fingerprint density at radius 3 is 2.60 bits per heavy atom. The van der Waals surface area contributed by atoms with Crippen molar-refractivity contribution in [3.8, 4) is 0 Å². The second-order valence-corrected chi connectivity index (χ2v) is 6.50. The Hall–Kier alpha value is -1.13. The van der Waals surface area contributed by atoms with Crippen molar-refractivity contribution in [1.29, 1.82) is 0 Å². The molecule has 20 heavy (non-hydrogen) atoms. The monoisotopic (exact) mass is 289 g/mol. The van der Waals surface area contributed by atoms with E-state index in [9.17, 15) is 0 Å². The van der Waals surface area contributed by atoms with E-state index in [0.29, 0.717) is 11.2 Å². The Bertz CT molecular complexity index is 471. The van der Waals surface area contributed by atoms with Gasteiger partial charge in [-0.05, 0) is 61.5 Å². The zero-order valence-corrected chi connectivity index (χ0v) is 12.6. The van der Waals surface area contributed by atoms with Gasteiger partial charge >= 0.3 is 0 Å². The van der Waals surface area contributed by atoms with Crippen LogP contribution in [0, 0.1) is 5.92 Å². The first-order valence-corrected chi connectivity index (χ1v) is 8.05. The van der Waals surface area contributed by atoms with Gasteiger partial charge in [0.25, 0.3) is 0 Å². The van der Waals surface area contributed by atoms with Crippen molar-refractivity contribution < 1.29 is 0 Å². The van der Waals surface area contributed by atoms with E-state index in [4.69, 9.17) is 18.0 Å². The number of hydrogen-bond donors (Lipinski definition) is 3. The fraction of sp³-hybridized carbons (Fsp3) is 0.562. The summed E-state index contributed by atoms with van der Waals surface area (Å²) in [5.74, 6) is 0.913. The zero-order chi connectivity index (χ0) is 13.9. The highest BCUT2D eigenvalue weighted by molar-refractivity contribution is 7.80. The molecule has 1 aromatic rings. The maximum absolute atomic E-state index is 5.49. The van der Waals surface area contributed by atoms with Crippen LogP contribution in [0.3, 0.4) is 0 Å². The minimum atomic E-state index is 0.318. The number of nitrogens with two attached hydrogens (primary N) is 1. The highest BCUT2D eigenvalue weighted by Gasteiger charge is 2.31. The van der Waals surface area contributed by atoms with Crippen molar-refractivity contribution in [1.82, 2.24) is 5.32 Å². The zero-order valence-electron chi connectivity index (χ0n) is 11.8. The number of anilines is 1. The van der Waals surface area contributed by atoms with Crippen LogP contribution in [0.15, 0.2) is 24.3 Å². The van der Waals surface area contributed by atoms with E-state index >= 15 is 0 Å². The molecule has 0 bridgehead atoms. The SMILES string of the molecule is NC(=S)Nc1ccc(C2CCC3CCCCC3N2)cc1. The summed E-state index contributed by atoms with van der Waals surface area (Å²) in [6, 6.07) is 9.72. The number of rotatable bonds is 2. The average Bonchev–Trinajstić information content (AvgIpc) is 2.47. The van der Waals surface area contributed by atoms with Crippen molar-refractivity contribution in [2.75, 3.05) is 5.32 Å². The average molecular weight is 289 g/mol. The van der Waals surface area contributed by atoms with Crippen LogP contribution < -0.4 is 16.4 Å². The predicted octanol–water partition coefficient (Wildman–Crippen LogP) is 3.33. The van der Waals surface area contributed by atoms with Gasteiger partial charge in [0.05, 0.1) is 0 Å². The smallest absolute Gasteiger partial charge is 0.168 e. The van der Waals surface area contributed by atoms with Gasteiger partial charge in [-0.2, -0.15) is 0 Å². The molecule has 2 fully saturated rings. The molecule has 1 aliphatic heterocycles. The first kappa shape index (κ1) is 13.8. The number of fused-ring (bicyclic) bond motifs is 1. The molecule has 3 atom stereocenters. The molecule has 2 aliphatic rings. The first-order valence-electron chi connectivity index (χ1n) is 7.65. The second kappa shape index (κ2) is 6.10. The van der Waals surface area contributed by atoms with Crippen LogP contribution in [-0.4, -0.2) is 11.2 Å². The van der Waals surface area contributed by atoms with Crippen molar-refractivity contribution in [2.24, 2.45) is 11.7 Å². The summed E-state index contributed by atoms with van der Waals surface area (Å²) in [5, 5.41) is 7.15. The summed E-state index contributed by atoms with van der Waals surface area (Å²) in [5.41, 5.74) is 7.83. The predicted molar refractivity (Wildman–Crippen MR) is 87.7 cm³/mol. The van der Waals surface area contributed by atoms with Gasteiger partial charge in [-0.3, -0.25) is 0 Å². The van der Waals surface area contributed by atoms with Gasteiger partial charge in [-0.15, -0.1) is 0 Å². The van der Waals surface area contributed by atoms with E-state index < -0.39 is 0 Å². The summed E-state index contributed by atoms with van der Waals surface area (Å²) in [6.45, 7) is 0. The molecule has 0 amide bonds. The molecule has 4 N–H and O–H groups in total. The van der Waals surface area contributed by atoms with Gasteiger partial charge < -0.3 is 16.4 Å². The standard InChI is InChI=1S/C16H23N3S/c17-16(20)18-13-8-5-12(6-9-13)15-10-7-11-3-1-2-4-14(11)19-15/h5-6,8-9,11,14-15,19H,1-4,7,10H2,(H3,17,18,20). The van der Waals surface area contributed by atoms with Crippen molar-refractivity contribution in [3.63, 3.8) is 0 Å². The van der Waals surface area contributed by atoms with E-state index in [0.717, 1.165) is 17.6 Å². The molecule has 0 aromatic heterocycles. The molecule has 3 rings (SSSR count). The number of thiocarbonyl (C=S) groups is 1. The van der Waals surface area contributed by atoms with Gasteiger partial charge in [0, 0.05) is 17.8 Å². The van der Waals surface area contributed by atoms with E-state index in [-0.39, 0.29) is 0 Å². The highest BCUT2D eigenvalue weighted by atomic mass is 32.1. The van der Waals surface area contributed by atoms with Crippen LogP contribution in [0.4, 0.5) is 5.69 Å². The maximum atomic E-state index is 5.49. The molecular formula is C16H23N3S. The number of hydrogen-bond acceptors (Lipinski definition) is 2. The van der Waals surface area contributed by atoms with Gasteiger partial charge in [0.1, 0.15) is 0 Å². The molecule has 1 saturated heterocycles. The number of nitrogens with one attached hydrogen (secondary N) is 2. The van der Waals surface area contributed by atoms with Crippen LogP contribution in [0.25, 0.3) is 0 Å². The van der Waals surface area contributed by atoms with E-state index in [1.807, 2.05) is 0 Å². The molecule has 3 nitrogen and oxygen atoms in total. The largest absolute Gasteiger partial charge is 0.376 e. The third kappa shape index (κ3) is 3.13. The van der Waals surface area contributed by atoms with Crippen LogP contribution in [0.1, 0.15) is 50.1 Å². The third-order valence-corrected chi connectivity index (χ3v) is 4.83. The molecule has 1 saturated carbocycles. The summed E-state index contributed by atoms with van der Waals surface area (Å²) >= 11 is 4.85. The van der Waals surface area contributed by atoms with Gasteiger partial charge in [-0.1, -0.05) is 25.0 Å². The second-order valence-electron chi connectivity index (χ2n) is 6.06. The highest BCUT2D eigenvalue weighted by Crippen LogP contribution is 2.36. The Morgan fingerprint density at radius 2 is 1.85 bits per heavy atom. The van der Waals surface area contributed by atoms with Crippen LogP contribution in [0.2, 0.25) is 0 Å². The fourth-order valence-corrected chi connectivity index (χ4v) is 3.82.